The lowest BCUT2D eigenvalue weighted by Gasteiger charge is -2.04. The molecule has 0 amide bonds. The van der Waals surface area contributed by atoms with Gasteiger partial charge in [0.2, 0.25) is 0 Å². The van der Waals surface area contributed by atoms with Crippen molar-refractivity contribution in [3.8, 4) is 0 Å². The van der Waals surface area contributed by atoms with Crippen molar-refractivity contribution in [2.45, 2.75) is 20.3 Å². The van der Waals surface area contributed by atoms with E-state index in [1.807, 2.05) is 32.0 Å². The SMILES string of the molecule is Cc1cc(C)cc(CC(=O)c2ccc(Br)cn2)c1. The Morgan fingerprint density at radius 3 is 2.39 bits per heavy atom. The Hall–Kier alpha value is -1.48. The Labute approximate surface area is 115 Å². The molecule has 0 N–H and O–H groups in total. The lowest BCUT2D eigenvalue weighted by atomic mass is 10.0. The zero-order valence-corrected chi connectivity index (χ0v) is 12.0. The molecule has 0 aliphatic heterocycles. The largest absolute Gasteiger partial charge is 0.292 e. The lowest BCUT2D eigenvalue weighted by Crippen LogP contribution is -2.06. The van der Waals surface area contributed by atoms with Gasteiger partial charge in [-0.15, -0.1) is 0 Å². The lowest BCUT2D eigenvalue weighted by molar-refractivity contribution is 0.0988. The van der Waals surface area contributed by atoms with Crippen LogP contribution in [0.1, 0.15) is 27.2 Å². The topological polar surface area (TPSA) is 30.0 Å². The Bertz CT molecular complexity index is 555. The van der Waals surface area contributed by atoms with Crippen molar-refractivity contribution in [3.63, 3.8) is 0 Å². The highest BCUT2D eigenvalue weighted by atomic mass is 79.9. The maximum Gasteiger partial charge on any atom is 0.185 e. The summed E-state index contributed by atoms with van der Waals surface area (Å²) in [6.07, 6.45) is 2.05. The van der Waals surface area contributed by atoms with Gasteiger partial charge in [-0.25, -0.2) is 0 Å². The fraction of sp³-hybridized carbons (Fsp3) is 0.200. The summed E-state index contributed by atoms with van der Waals surface area (Å²) in [4.78, 5) is 16.2. The summed E-state index contributed by atoms with van der Waals surface area (Å²) in [7, 11) is 0. The fourth-order valence-electron chi connectivity index (χ4n) is 1.99. The molecule has 2 aromatic rings. The van der Waals surface area contributed by atoms with E-state index in [4.69, 9.17) is 0 Å². The van der Waals surface area contributed by atoms with Crippen LogP contribution in [0.2, 0.25) is 0 Å². The van der Waals surface area contributed by atoms with E-state index in [0.717, 1.165) is 10.0 Å². The Morgan fingerprint density at radius 1 is 1.17 bits per heavy atom. The molecule has 0 aliphatic rings. The molecule has 0 radical (unpaired) electrons. The van der Waals surface area contributed by atoms with Crippen LogP contribution in [0.5, 0.6) is 0 Å². The minimum Gasteiger partial charge on any atom is -0.292 e. The minimum atomic E-state index is 0.0486. The Kier molecular flexibility index (Phi) is 3.92. The number of aromatic nitrogens is 1. The number of halogens is 1. The quantitative estimate of drug-likeness (QED) is 0.805. The number of nitrogens with zero attached hydrogens (tertiary/aromatic N) is 1. The number of ketones is 1. The van der Waals surface area contributed by atoms with Crippen molar-refractivity contribution < 1.29 is 4.79 Å². The van der Waals surface area contributed by atoms with Crippen LogP contribution in [0.3, 0.4) is 0 Å². The molecule has 0 atom stereocenters. The van der Waals surface area contributed by atoms with E-state index >= 15 is 0 Å². The van der Waals surface area contributed by atoms with E-state index < -0.39 is 0 Å². The predicted molar refractivity (Wildman–Crippen MR) is 75.9 cm³/mol. The van der Waals surface area contributed by atoms with Gasteiger partial charge in [0.25, 0.3) is 0 Å². The average molecular weight is 304 g/mol. The zero-order valence-electron chi connectivity index (χ0n) is 10.4. The van der Waals surface area contributed by atoms with E-state index in [-0.39, 0.29) is 5.78 Å². The van der Waals surface area contributed by atoms with E-state index in [9.17, 15) is 4.79 Å². The van der Waals surface area contributed by atoms with Crippen molar-refractivity contribution in [1.82, 2.24) is 4.98 Å². The van der Waals surface area contributed by atoms with Crippen molar-refractivity contribution in [1.29, 1.82) is 0 Å². The van der Waals surface area contributed by atoms with Crippen molar-refractivity contribution >= 4 is 21.7 Å². The molecule has 1 aromatic heterocycles. The summed E-state index contributed by atoms with van der Waals surface area (Å²) < 4.78 is 0.880. The van der Waals surface area contributed by atoms with Crippen LogP contribution in [-0.2, 0) is 6.42 Å². The highest BCUT2D eigenvalue weighted by Crippen LogP contribution is 2.13. The number of benzene rings is 1. The van der Waals surface area contributed by atoms with E-state index in [0.29, 0.717) is 12.1 Å². The molecule has 0 aliphatic carbocycles. The molecular formula is C15H14BrNO. The molecule has 0 saturated carbocycles. The first-order valence-corrected chi connectivity index (χ1v) is 6.56. The second kappa shape index (κ2) is 5.44. The van der Waals surface area contributed by atoms with E-state index in [1.165, 1.54) is 11.1 Å². The molecule has 18 heavy (non-hydrogen) atoms. The van der Waals surface area contributed by atoms with Crippen LogP contribution in [0.4, 0.5) is 0 Å². The van der Waals surface area contributed by atoms with Gasteiger partial charge in [0.15, 0.2) is 5.78 Å². The first kappa shape index (κ1) is 13.0. The normalized spacial score (nSPS) is 10.4. The Morgan fingerprint density at radius 2 is 1.83 bits per heavy atom. The molecular weight excluding hydrogens is 290 g/mol. The summed E-state index contributed by atoms with van der Waals surface area (Å²) in [6.45, 7) is 4.08. The molecule has 92 valence electrons. The molecule has 0 spiro atoms. The third-order valence-corrected chi connectivity index (χ3v) is 3.13. The molecule has 1 aromatic carbocycles. The van der Waals surface area contributed by atoms with Gasteiger partial charge < -0.3 is 0 Å². The summed E-state index contributed by atoms with van der Waals surface area (Å²) >= 11 is 3.31. The highest BCUT2D eigenvalue weighted by Gasteiger charge is 2.08. The van der Waals surface area contributed by atoms with Crippen molar-refractivity contribution in [2.75, 3.05) is 0 Å². The number of aryl methyl sites for hydroxylation is 2. The third-order valence-electron chi connectivity index (χ3n) is 2.66. The molecule has 0 saturated heterocycles. The number of hydrogen-bond acceptors (Lipinski definition) is 2. The molecule has 1 heterocycles. The summed E-state index contributed by atoms with van der Waals surface area (Å²) in [5.74, 6) is 0.0486. The van der Waals surface area contributed by atoms with Crippen molar-refractivity contribution in [2.24, 2.45) is 0 Å². The molecule has 0 bridgehead atoms. The summed E-state index contributed by atoms with van der Waals surface area (Å²) in [5, 5.41) is 0. The van der Waals surface area contributed by atoms with Crippen LogP contribution in [-0.4, -0.2) is 10.8 Å². The minimum absolute atomic E-state index is 0.0486. The molecule has 2 rings (SSSR count). The standard InChI is InChI=1S/C15H14BrNO/c1-10-5-11(2)7-12(6-10)8-15(18)14-4-3-13(16)9-17-14/h3-7,9H,8H2,1-2H3. The zero-order chi connectivity index (χ0) is 13.1. The molecule has 0 unspecified atom stereocenters. The second-order valence-electron chi connectivity index (χ2n) is 4.46. The maximum atomic E-state index is 12.1. The Balaban J connectivity index is 2.18. The van der Waals surface area contributed by atoms with Crippen LogP contribution in [0.25, 0.3) is 0 Å². The van der Waals surface area contributed by atoms with Gasteiger partial charge in [-0.05, 0) is 47.5 Å². The maximum absolute atomic E-state index is 12.1. The predicted octanol–water partition coefficient (Wildman–Crippen LogP) is 3.89. The molecule has 2 nitrogen and oxygen atoms in total. The van der Waals surface area contributed by atoms with Crippen LogP contribution < -0.4 is 0 Å². The summed E-state index contributed by atoms with van der Waals surface area (Å²) in [5.41, 5.74) is 3.92. The van der Waals surface area contributed by atoms with Gasteiger partial charge in [-0.3, -0.25) is 9.78 Å². The van der Waals surface area contributed by atoms with Gasteiger partial charge in [0.05, 0.1) is 0 Å². The van der Waals surface area contributed by atoms with Gasteiger partial charge in [-0.1, -0.05) is 29.3 Å². The van der Waals surface area contributed by atoms with E-state index in [2.05, 4.69) is 27.0 Å². The smallest absolute Gasteiger partial charge is 0.185 e. The van der Waals surface area contributed by atoms with Gasteiger partial charge in [-0.2, -0.15) is 0 Å². The van der Waals surface area contributed by atoms with Crippen LogP contribution in [0.15, 0.2) is 41.0 Å². The monoisotopic (exact) mass is 303 g/mol. The first-order valence-electron chi connectivity index (χ1n) is 5.76. The number of hydrogen-bond donors (Lipinski definition) is 0. The van der Waals surface area contributed by atoms with E-state index in [1.54, 1.807) is 12.3 Å². The van der Waals surface area contributed by atoms with Crippen molar-refractivity contribution in [3.05, 3.63) is 63.4 Å². The second-order valence-corrected chi connectivity index (χ2v) is 5.37. The van der Waals surface area contributed by atoms with Crippen LogP contribution >= 0.6 is 15.9 Å². The number of rotatable bonds is 3. The van der Waals surface area contributed by atoms with Gasteiger partial charge >= 0.3 is 0 Å². The number of Topliss-reactive ketones (excluding diaryl/α,β-unsaturated/α-hetero) is 1. The number of carbonyl (C=O) groups excluding carboxylic acids is 1. The average Bonchev–Trinajstić information content (AvgIpc) is 2.28. The fourth-order valence-corrected chi connectivity index (χ4v) is 2.22. The third kappa shape index (κ3) is 3.26. The summed E-state index contributed by atoms with van der Waals surface area (Å²) in [6, 6.07) is 9.77. The highest BCUT2D eigenvalue weighted by molar-refractivity contribution is 9.10. The molecule has 3 heteroatoms. The number of pyridine rings is 1. The van der Waals surface area contributed by atoms with Gasteiger partial charge in [0, 0.05) is 17.1 Å². The number of carbonyl (C=O) groups is 1. The molecule has 0 fully saturated rings. The van der Waals surface area contributed by atoms with Crippen LogP contribution in [0, 0.1) is 13.8 Å². The first-order chi connectivity index (χ1) is 8.54. The van der Waals surface area contributed by atoms with Gasteiger partial charge in [0.1, 0.15) is 5.69 Å².